The van der Waals surface area contributed by atoms with Gasteiger partial charge in [-0.15, -0.1) is 0 Å². The number of halogens is 1. The summed E-state index contributed by atoms with van der Waals surface area (Å²) in [5.74, 6) is -0.682. The summed E-state index contributed by atoms with van der Waals surface area (Å²) < 4.78 is 23.9. The number of para-hydroxylation sites is 1. The molecule has 0 saturated carbocycles. The molecule has 2 aromatic carbocycles. The lowest BCUT2D eigenvalue weighted by Crippen LogP contribution is -1.97. The summed E-state index contributed by atoms with van der Waals surface area (Å²) in [7, 11) is 1.56. The molecule has 20 heavy (non-hydrogen) atoms. The van der Waals surface area contributed by atoms with Crippen LogP contribution in [0.5, 0.6) is 11.5 Å². The number of nitrogens with zero attached hydrogens (tertiary/aromatic N) is 1. The number of nitro groups is 1. The Morgan fingerprint density at radius 2 is 2.00 bits per heavy atom. The first-order chi connectivity index (χ1) is 9.61. The van der Waals surface area contributed by atoms with E-state index < -0.39 is 16.4 Å². The van der Waals surface area contributed by atoms with Crippen LogP contribution in [0.25, 0.3) is 0 Å². The topological polar surface area (TPSA) is 61.6 Å². The van der Waals surface area contributed by atoms with Crippen molar-refractivity contribution in [1.82, 2.24) is 0 Å². The summed E-state index contributed by atoms with van der Waals surface area (Å²) in [4.78, 5) is 10.1. The lowest BCUT2D eigenvalue weighted by Gasteiger charge is -2.08. The molecule has 0 aliphatic carbocycles. The molecule has 0 N–H and O–H groups in total. The summed E-state index contributed by atoms with van der Waals surface area (Å²) in [5.41, 5.74) is 0.175. The second-order valence-electron chi connectivity index (χ2n) is 4.03. The number of hydrogen-bond acceptors (Lipinski definition) is 4. The Morgan fingerprint density at radius 3 is 2.70 bits per heavy atom. The molecule has 2 rings (SSSR count). The average molecular weight is 277 g/mol. The van der Waals surface area contributed by atoms with Crippen LogP contribution >= 0.6 is 0 Å². The number of methoxy groups -OCH3 is 1. The van der Waals surface area contributed by atoms with Gasteiger partial charge in [-0.1, -0.05) is 18.2 Å². The van der Waals surface area contributed by atoms with Gasteiger partial charge in [0.1, 0.15) is 5.75 Å². The molecule has 0 aliphatic heterocycles. The zero-order valence-electron chi connectivity index (χ0n) is 10.7. The van der Waals surface area contributed by atoms with E-state index in [1.165, 1.54) is 12.1 Å². The molecule has 0 fully saturated rings. The molecule has 104 valence electrons. The van der Waals surface area contributed by atoms with Crippen molar-refractivity contribution in [3.8, 4) is 11.5 Å². The van der Waals surface area contributed by atoms with E-state index >= 15 is 0 Å². The summed E-state index contributed by atoms with van der Waals surface area (Å²) in [6.07, 6.45) is 0. The smallest absolute Gasteiger partial charge is 0.346 e. The maximum atomic E-state index is 13.5. The highest BCUT2D eigenvalue weighted by atomic mass is 19.1. The Morgan fingerprint density at radius 1 is 1.25 bits per heavy atom. The summed E-state index contributed by atoms with van der Waals surface area (Å²) >= 11 is 0. The lowest BCUT2D eigenvalue weighted by atomic mass is 10.2. The van der Waals surface area contributed by atoms with Crippen LogP contribution in [-0.4, -0.2) is 12.0 Å². The standard InChI is InChI=1S/C14H12FNO4/c1-19-9-10-4-2-5-11(8-10)20-13-7-3-6-12(15)14(13)16(17)18/h2-8H,9H2,1H3. The molecule has 0 amide bonds. The third-order valence-corrected chi connectivity index (χ3v) is 2.57. The average Bonchev–Trinajstić information content (AvgIpc) is 2.39. The molecular formula is C14H12FNO4. The second kappa shape index (κ2) is 6.12. The van der Waals surface area contributed by atoms with Crippen LogP contribution < -0.4 is 4.74 Å². The molecule has 0 spiro atoms. The van der Waals surface area contributed by atoms with Gasteiger partial charge in [0.05, 0.1) is 11.5 Å². The summed E-state index contributed by atoms with van der Waals surface area (Å²) in [6.45, 7) is 0.391. The van der Waals surface area contributed by atoms with Crippen LogP contribution in [0.2, 0.25) is 0 Å². The van der Waals surface area contributed by atoms with Crippen LogP contribution in [0.3, 0.4) is 0 Å². The van der Waals surface area contributed by atoms with Crippen molar-refractivity contribution >= 4 is 5.69 Å². The van der Waals surface area contributed by atoms with Crippen LogP contribution in [-0.2, 0) is 11.3 Å². The molecule has 0 aromatic heterocycles. The van der Waals surface area contributed by atoms with Gasteiger partial charge in [-0.2, -0.15) is 4.39 Å². The van der Waals surface area contributed by atoms with Gasteiger partial charge in [0, 0.05) is 7.11 Å². The lowest BCUT2D eigenvalue weighted by molar-refractivity contribution is -0.388. The van der Waals surface area contributed by atoms with Crippen molar-refractivity contribution in [3.63, 3.8) is 0 Å². The molecule has 2 aromatic rings. The molecule has 0 atom stereocenters. The molecule has 0 unspecified atom stereocenters. The first-order valence-electron chi connectivity index (χ1n) is 5.80. The minimum atomic E-state index is -0.930. The summed E-state index contributed by atoms with van der Waals surface area (Å²) in [5, 5.41) is 10.9. The van der Waals surface area contributed by atoms with E-state index in [-0.39, 0.29) is 5.75 Å². The SMILES string of the molecule is COCc1cccc(Oc2cccc(F)c2[N+](=O)[O-])c1. The molecular weight excluding hydrogens is 265 g/mol. The van der Waals surface area contributed by atoms with Crippen LogP contribution in [0.1, 0.15) is 5.56 Å². The monoisotopic (exact) mass is 277 g/mol. The molecule has 0 radical (unpaired) electrons. The number of hydrogen-bond donors (Lipinski definition) is 0. The molecule has 0 aliphatic rings. The van der Waals surface area contributed by atoms with Gasteiger partial charge >= 0.3 is 5.69 Å². The van der Waals surface area contributed by atoms with E-state index in [4.69, 9.17) is 9.47 Å². The van der Waals surface area contributed by atoms with Gasteiger partial charge in [-0.05, 0) is 29.8 Å². The van der Waals surface area contributed by atoms with E-state index in [1.54, 1.807) is 25.3 Å². The highest BCUT2D eigenvalue weighted by molar-refractivity contribution is 5.49. The molecule has 5 nitrogen and oxygen atoms in total. The first-order valence-corrected chi connectivity index (χ1v) is 5.80. The van der Waals surface area contributed by atoms with E-state index in [1.807, 2.05) is 6.07 Å². The fourth-order valence-corrected chi connectivity index (χ4v) is 1.75. The number of ether oxygens (including phenoxy) is 2. The van der Waals surface area contributed by atoms with Crippen LogP contribution in [0.15, 0.2) is 42.5 Å². The van der Waals surface area contributed by atoms with Gasteiger partial charge in [0.15, 0.2) is 0 Å². The van der Waals surface area contributed by atoms with E-state index in [2.05, 4.69) is 0 Å². The predicted octanol–water partition coefficient (Wildman–Crippen LogP) is 3.67. The highest BCUT2D eigenvalue weighted by Crippen LogP contribution is 2.33. The van der Waals surface area contributed by atoms with Crippen molar-refractivity contribution in [3.05, 3.63) is 64.0 Å². The van der Waals surface area contributed by atoms with Crippen molar-refractivity contribution in [2.45, 2.75) is 6.61 Å². The largest absolute Gasteiger partial charge is 0.450 e. The zero-order chi connectivity index (χ0) is 14.5. The van der Waals surface area contributed by atoms with Gasteiger partial charge in [-0.25, -0.2) is 0 Å². The minimum Gasteiger partial charge on any atom is -0.450 e. The number of nitro benzene ring substituents is 1. The zero-order valence-corrected chi connectivity index (χ0v) is 10.7. The second-order valence-corrected chi connectivity index (χ2v) is 4.03. The normalized spacial score (nSPS) is 10.3. The van der Waals surface area contributed by atoms with E-state index in [0.29, 0.717) is 12.4 Å². The predicted molar refractivity (Wildman–Crippen MR) is 70.3 cm³/mol. The van der Waals surface area contributed by atoms with E-state index in [9.17, 15) is 14.5 Å². The Kier molecular flexibility index (Phi) is 4.27. The first kappa shape index (κ1) is 14.0. The third-order valence-electron chi connectivity index (χ3n) is 2.57. The Labute approximate surface area is 114 Å². The Bertz CT molecular complexity index is 630. The maximum Gasteiger partial charge on any atom is 0.346 e. The van der Waals surface area contributed by atoms with Crippen LogP contribution in [0.4, 0.5) is 10.1 Å². The maximum absolute atomic E-state index is 13.5. The van der Waals surface area contributed by atoms with Crippen LogP contribution in [0, 0.1) is 15.9 Å². The van der Waals surface area contributed by atoms with Gasteiger partial charge in [0.2, 0.25) is 11.6 Å². The van der Waals surface area contributed by atoms with Gasteiger partial charge in [0.25, 0.3) is 0 Å². The molecule has 6 heteroatoms. The quantitative estimate of drug-likeness (QED) is 0.618. The molecule has 0 heterocycles. The number of benzene rings is 2. The Balaban J connectivity index is 2.32. The minimum absolute atomic E-state index is 0.135. The van der Waals surface area contributed by atoms with Crippen molar-refractivity contribution in [2.24, 2.45) is 0 Å². The van der Waals surface area contributed by atoms with Gasteiger partial charge < -0.3 is 9.47 Å². The Hall–Kier alpha value is -2.47. The molecule has 0 bridgehead atoms. The van der Waals surface area contributed by atoms with Crippen molar-refractivity contribution < 1.29 is 18.8 Å². The fraction of sp³-hybridized carbons (Fsp3) is 0.143. The van der Waals surface area contributed by atoms with Gasteiger partial charge in [-0.3, -0.25) is 10.1 Å². The van der Waals surface area contributed by atoms with Crippen molar-refractivity contribution in [1.29, 1.82) is 0 Å². The summed E-state index contributed by atoms with van der Waals surface area (Å²) in [6, 6.07) is 10.6. The number of rotatable bonds is 5. The fourth-order valence-electron chi connectivity index (χ4n) is 1.75. The highest BCUT2D eigenvalue weighted by Gasteiger charge is 2.21. The van der Waals surface area contributed by atoms with E-state index in [0.717, 1.165) is 11.6 Å². The third kappa shape index (κ3) is 3.10. The van der Waals surface area contributed by atoms with Crippen molar-refractivity contribution in [2.75, 3.05) is 7.11 Å². The molecule has 0 saturated heterocycles.